The van der Waals surface area contributed by atoms with Gasteiger partial charge in [-0.1, -0.05) is 30.1 Å². The number of benzene rings is 1. The highest BCUT2D eigenvalue weighted by Crippen LogP contribution is 2.32. The highest BCUT2D eigenvalue weighted by molar-refractivity contribution is 8.08. The van der Waals surface area contributed by atoms with Crippen molar-refractivity contribution in [1.29, 1.82) is 0 Å². The van der Waals surface area contributed by atoms with Crippen molar-refractivity contribution in [2.45, 2.75) is 31.4 Å². The van der Waals surface area contributed by atoms with Gasteiger partial charge < -0.3 is 0 Å². The van der Waals surface area contributed by atoms with Gasteiger partial charge in [0.2, 0.25) is 10.0 Å². The van der Waals surface area contributed by atoms with Crippen molar-refractivity contribution in [2.75, 3.05) is 13.3 Å². The molecule has 1 aliphatic rings. The maximum Gasteiger partial charge on any atom is 0.220 e. The molecule has 1 aromatic carbocycles. The third-order valence-corrected chi connectivity index (χ3v) is 6.44. The zero-order chi connectivity index (χ0) is 13.3. The molecule has 18 heavy (non-hydrogen) atoms. The summed E-state index contributed by atoms with van der Waals surface area (Å²) in [6.45, 7) is 2.13. The van der Waals surface area contributed by atoms with Crippen LogP contribution in [0.15, 0.2) is 18.2 Å². The van der Waals surface area contributed by atoms with E-state index in [9.17, 15) is 8.42 Å². The third-order valence-electron chi connectivity index (χ3n) is 3.44. The second kappa shape index (κ2) is 5.23. The molecule has 0 spiro atoms. The van der Waals surface area contributed by atoms with Crippen LogP contribution in [0.4, 0.5) is 0 Å². The first-order valence-corrected chi connectivity index (χ1v) is 8.74. The predicted octanol–water partition coefficient (Wildman–Crippen LogP) is 2.39. The molecule has 0 fully saturated rings. The number of hydrogen-bond donors (Lipinski definition) is 0. The van der Waals surface area contributed by atoms with Crippen molar-refractivity contribution < 1.29 is 8.42 Å². The maximum atomic E-state index is 11.4. The minimum absolute atomic E-state index is 0.360. The average molecular weight is 285 g/mol. The zero-order valence-corrected chi connectivity index (χ0v) is 12.6. The van der Waals surface area contributed by atoms with Gasteiger partial charge in [0.1, 0.15) is 0 Å². The van der Waals surface area contributed by atoms with Crippen LogP contribution in [0.5, 0.6) is 0 Å². The van der Waals surface area contributed by atoms with Gasteiger partial charge >= 0.3 is 0 Å². The van der Waals surface area contributed by atoms with Gasteiger partial charge in [-0.2, -0.15) is 0 Å². The molecule has 5 heteroatoms. The van der Waals surface area contributed by atoms with E-state index in [-0.39, 0.29) is 0 Å². The Morgan fingerprint density at radius 2 is 2.11 bits per heavy atom. The monoisotopic (exact) mass is 285 g/mol. The molecule has 0 aromatic heterocycles. The summed E-state index contributed by atoms with van der Waals surface area (Å²) in [7, 11) is -1.46. The fourth-order valence-electron chi connectivity index (χ4n) is 2.31. The second-order valence-electron chi connectivity index (χ2n) is 4.86. The van der Waals surface area contributed by atoms with Crippen LogP contribution in [0.1, 0.15) is 23.1 Å². The molecule has 0 amide bonds. The van der Waals surface area contributed by atoms with E-state index in [4.69, 9.17) is 0 Å². The molecule has 1 unspecified atom stereocenters. The Bertz CT molecular complexity index is 540. The molecule has 2 rings (SSSR count). The topological polar surface area (TPSA) is 37.4 Å². The molecule has 0 saturated heterocycles. The summed E-state index contributed by atoms with van der Waals surface area (Å²) in [5.41, 5.74) is 4.15. The van der Waals surface area contributed by atoms with Crippen LogP contribution in [0.2, 0.25) is 0 Å². The van der Waals surface area contributed by atoms with Crippen LogP contribution in [-0.2, 0) is 22.9 Å². The number of nitrogens with zero attached hydrogens (tertiary/aromatic N) is 1. The molecule has 0 saturated carbocycles. The van der Waals surface area contributed by atoms with Crippen LogP contribution in [0, 0.1) is 6.92 Å². The predicted molar refractivity (Wildman–Crippen MR) is 77.2 cm³/mol. The number of rotatable bonds is 3. The molecular formula is C13H19NO2S2. The van der Waals surface area contributed by atoms with Crippen molar-refractivity contribution in [3.63, 3.8) is 0 Å². The van der Waals surface area contributed by atoms with Crippen LogP contribution < -0.4 is 0 Å². The Kier molecular flexibility index (Phi) is 4.04. The smallest absolute Gasteiger partial charge is 0.212 e. The van der Waals surface area contributed by atoms with Crippen molar-refractivity contribution in [3.8, 4) is 0 Å². The molecule has 0 heterocycles. The largest absolute Gasteiger partial charge is 0.220 e. The third kappa shape index (κ3) is 3.08. The number of fused-ring (bicyclic) bond motifs is 1. The van der Waals surface area contributed by atoms with E-state index in [2.05, 4.69) is 25.1 Å². The van der Waals surface area contributed by atoms with E-state index < -0.39 is 10.0 Å². The molecule has 1 atom stereocenters. The average Bonchev–Trinajstić information content (AvgIpc) is 2.29. The Morgan fingerprint density at radius 3 is 2.78 bits per heavy atom. The van der Waals surface area contributed by atoms with Crippen molar-refractivity contribution in [3.05, 3.63) is 34.9 Å². The van der Waals surface area contributed by atoms with E-state index >= 15 is 0 Å². The van der Waals surface area contributed by atoms with Gasteiger partial charge in [-0.05, 0) is 42.9 Å². The molecule has 0 radical (unpaired) electrons. The van der Waals surface area contributed by atoms with Crippen molar-refractivity contribution >= 4 is 22.0 Å². The second-order valence-corrected chi connectivity index (χ2v) is 8.53. The van der Waals surface area contributed by atoms with Crippen LogP contribution in [0.3, 0.4) is 0 Å². The first kappa shape index (κ1) is 13.9. The van der Waals surface area contributed by atoms with Gasteiger partial charge in [0, 0.05) is 12.3 Å². The van der Waals surface area contributed by atoms with Crippen LogP contribution in [0.25, 0.3) is 0 Å². The van der Waals surface area contributed by atoms with Crippen LogP contribution >= 0.6 is 11.9 Å². The molecule has 3 nitrogen and oxygen atoms in total. The van der Waals surface area contributed by atoms with Crippen LogP contribution in [-0.4, -0.2) is 30.7 Å². The fourth-order valence-corrected chi connectivity index (χ4v) is 4.19. The summed E-state index contributed by atoms with van der Waals surface area (Å²) < 4.78 is 24.2. The van der Waals surface area contributed by atoms with Gasteiger partial charge in [0.15, 0.2) is 0 Å². The zero-order valence-electron chi connectivity index (χ0n) is 11.0. The molecule has 0 aliphatic heterocycles. The first-order valence-electron chi connectivity index (χ1n) is 6.06. The first-order chi connectivity index (χ1) is 8.38. The fraction of sp³-hybridized carbons (Fsp3) is 0.538. The van der Waals surface area contributed by atoms with Gasteiger partial charge in [-0.15, -0.1) is 3.71 Å². The van der Waals surface area contributed by atoms with Gasteiger partial charge in [0.25, 0.3) is 0 Å². The Hall–Kier alpha value is -0.520. The number of hydrogen-bond acceptors (Lipinski definition) is 3. The summed E-state index contributed by atoms with van der Waals surface area (Å²) in [5.74, 6) is 0. The molecule has 1 aromatic rings. The quantitative estimate of drug-likeness (QED) is 0.800. The molecule has 1 aliphatic carbocycles. The normalized spacial score (nSPS) is 19.9. The van der Waals surface area contributed by atoms with E-state index in [1.807, 2.05) is 0 Å². The lowest BCUT2D eigenvalue weighted by molar-refractivity contribution is 0.568. The molecule has 0 bridgehead atoms. The molecule has 0 N–H and O–H groups in total. The standard InChI is InChI=1S/C13H19NO2S2/c1-10-5-4-6-11-7-8-12(9-13(10)11)17-14(2)18(3,15)16/h4-6,12H,7-9H2,1-3H3. The summed E-state index contributed by atoms with van der Waals surface area (Å²) in [5, 5.41) is 0.360. The Morgan fingerprint density at radius 1 is 1.39 bits per heavy atom. The molecule has 100 valence electrons. The van der Waals surface area contributed by atoms with E-state index in [1.54, 1.807) is 7.05 Å². The lowest BCUT2D eigenvalue weighted by Gasteiger charge is -2.27. The number of aryl methyl sites for hydroxylation is 2. The minimum Gasteiger partial charge on any atom is -0.212 e. The van der Waals surface area contributed by atoms with Gasteiger partial charge in [-0.25, -0.2) is 8.42 Å². The SMILES string of the molecule is Cc1cccc2c1CC(SN(C)S(C)(=O)=O)CC2. The Labute approximate surface area is 114 Å². The summed E-state index contributed by atoms with van der Waals surface area (Å²) >= 11 is 1.45. The highest BCUT2D eigenvalue weighted by atomic mass is 32.3. The highest BCUT2D eigenvalue weighted by Gasteiger charge is 2.24. The van der Waals surface area contributed by atoms with Crippen molar-refractivity contribution in [2.24, 2.45) is 0 Å². The maximum absolute atomic E-state index is 11.4. The minimum atomic E-state index is -3.09. The van der Waals surface area contributed by atoms with E-state index in [0.29, 0.717) is 5.25 Å². The van der Waals surface area contributed by atoms with E-state index in [0.717, 1.165) is 19.3 Å². The molecular weight excluding hydrogens is 266 g/mol. The van der Waals surface area contributed by atoms with Crippen molar-refractivity contribution in [1.82, 2.24) is 3.71 Å². The Balaban J connectivity index is 2.11. The summed E-state index contributed by atoms with van der Waals surface area (Å²) in [6.07, 6.45) is 4.31. The van der Waals surface area contributed by atoms with Gasteiger partial charge in [0.05, 0.1) is 6.26 Å². The van der Waals surface area contributed by atoms with Gasteiger partial charge in [-0.3, -0.25) is 0 Å². The lowest BCUT2D eigenvalue weighted by Crippen LogP contribution is -2.26. The summed E-state index contributed by atoms with van der Waals surface area (Å²) in [6, 6.07) is 6.42. The van der Waals surface area contributed by atoms with E-state index in [1.165, 1.54) is 38.6 Å². The summed E-state index contributed by atoms with van der Waals surface area (Å²) in [4.78, 5) is 0. The lowest BCUT2D eigenvalue weighted by atomic mass is 9.88. The number of sulfonamides is 1.